The summed E-state index contributed by atoms with van der Waals surface area (Å²) in [4.78, 5) is 23.1. The molecule has 2 unspecified atom stereocenters. The number of carbonyl (C=O) groups is 1. The fourth-order valence-corrected chi connectivity index (χ4v) is 3.77. The Morgan fingerprint density at radius 3 is 2.51 bits per heavy atom. The fraction of sp³-hybridized carbons (Fsp3) is 0.261. The van der Waals surface area contributed by atoms with Crippen molar-refractivity contribution in [3.05, 3.63) is 66.4 Å². The Labute approximate surface area is 197 Å². The van der Waals surface area contributed by atoms with Crippen molar-refractivity contribution in [3.63, 3.8) is 0 Å². The summed E-state index contributed by atoms with van der Waals surface area (Å²) in [5, 5.41) is 2.59. The zero-order valence-corrected chi connectivity index (χ0v) is 18.4. The lowest BCUT2D eigenvalue weighted by atomic mass is 10.1. The van der Waals surface area contributed by atoms with Crippen LogP contribution in [0, 0.1) is 5.82 Å². The van der Waals surface area contributed by atoms with Gasteiger partial charge in [-0.05, 0) is 36.4 Å². The number of nitrogens with two attached hydrogens (primary N) is 1. The van der Waals surface area contributed by atoms with E-state index in [0.717, 1.165) is 18.3 Å². The number of pyridine rings is 2. The first-order valence-electron chi connectivity index (χ1n) is 10.4. The van der Waals surface area contributed by atoms with Gasteiger partial charge in [-0.15, -0.1) is 13.2 Å². The van der Waals surface area contributed by atoms with Gasteiger partial charge in [-0.25, -0.2) is 9.37 Å². The first-order chi connectivity index (χ1) is 16.6. The van der Waals surface area contributed by atoms with Gasteiger partial charge in [0.25, 0.3) is 5.91 Å². The number of anilines is 2. The number of hydrogen-bond donors (Lipinski definition) is 2. The maximum Gasteiger partial charge on any atom is 0.573 e. The molecule has 1 aromatic carbocycles. The second-order valence-corrected chi connectivity index (χ2v) is 7.86. The molecule has 2 aromatic heterocycles. The highest BCUT2D eigenvalue weighted by molar-refractivity contribution is 6.05. The van der Waals surface area contributed by atoms with E-state index in [4.69, 9.17) is 10.5 Å². The van der Waals surface area contributed by atoms with Crippen LogP contribution >= 0.6 is 0 Å². The molecule has 0 radical (unpaired) electrons. The van der Waals surface area contributed by atoms with Crippen LogP contribution < -0.4 is 20.7 Å². The molecule has 0 saturated carbocycles. The zero-order valence-electron chi connectivity index (χ0n) is 18.4. The van der Waals surface area contributed by atoms with Gasteiger partial charge in [-0.3, -0.25) is 9.78 Å². The Bertz CT molecular complexity index is 1210. The highest BCUT2D eigenvalue weighted by Crippen LogP contribution is 2.32. The molecule has 1 amide bonds. The number of halogens is 4. The molecule has 1 saturated heterocycles. The van der Waals surface area contributed by atoms with Crippen molar-refractivity contribution >= 4 is 17.4 Å². The van der Waals surface area contributed by atoms with Crippen LogP contribution in [0.5, 0.6) is 5.75 Å². The van der Waals surface area contributed by atoms with Gasteiger partial charge in [0, 0.05) is 49.4 Å². The van der Waals surface area contributed by atoms with Gasteiger partial charge in [0.15, 0.2) is 0 Å². The van der Waals surface area contributed by atoms with Crippen molar-refractivity contribution in [2.24, 2.45) is 5.73 Å². The maximum absolute atomic E-state index is 13.9. The van der Waals surface area contributed by atoms with E-state index in [0.29, 0.717) is 30.0 Å². The lowest BCUT2D eigenvalue weighted by Gasteiger charge is -2.21. The summed E-state index contributed by atoms with van der Waals surface area (Å²) in [6, 6.07) is 7.27. The molecule has 8 nitrogen and oxygen atoms in total. The smallest absolute Gasteiger partial charge is 0.406 e. The first-order valence-corrected chi connectivity index (χ1v) is 10.4. The highest BCUT2D eigenvalue weighted by Gasteiger charge is 2.33. The van der Waals surface area contributed by atoms with E-state index < -0.39 is 23.8 Å². The molecule has 12 heteroatoms. The molecular weight excluding hydrogens is 470 g/mol. The van der Waals surface area contributed by atoms with Crippen LogP contribution in [-0.4, -0.2) is 54.6 Å². The third-order valence-corrected chi connectivity index (χ3v) is 5.40. The second-order valence-electron chi connectivity index (χ2n) is 7.86. The standard InChI is InChI=1S/C23H21F4N5O3/c1-34-20-12-32(11-19(20)28)21-18(13-6-15(24)10-29-8-13)7-14(9-30-21)22(33)31-16-2-4-17(5-3-16)35-23(25,26)27/h2-10,19-20H,11-12,28H2,1H3,(H,31,33). The molecule has 1 fully saturated rings. The monoisotopic (exact) mass is 491 g/mol. The highest BCUT2D eigenvalue weighted by atomic mass is 19.4. The molecule has 1 aliphatic heterocycles. The van der Waals surface area contributed by atoms with Crippen LogP contribution in [0.2, 0.25) is 0 Å². The largest absolute Gasteiger partial charge is 0.573 e. The molecule has 2 atom stereocenters. The number of rotatable bonds is 6. The lowest BCUT2D eigenvalue weighted by molar-refractivity contribution is -0.274. The minimum atomic E-state index is -4.82. The molecular formula is C23H21F4N5O3. The molecule has 184 valence electrons. The SMILES string of the molecule is COC1CN(c2ncc(C(=O)Nc3ccc(OC(F)(F)F)cc3)cc2-c2cncc(F)c2)CC1N. The van der Waals surface area contributed by atoms with Gasteiger partial charge in [-0.2, -0.15) is 0 Å². The molecule has 0 aliphatic carbocycles. The van der Waals surface area contributed by atoms with Gasteiger partial charge >= 0.3 is 6.36 Å². The van der Waals surface area contributed by atoms with Gasteiger partial charge in [-0.1, -0.05) is 0 Å². The van der Waals surface area contributed by atoms with Crippen molar-refractivity contribution in [3.8, 4) is 16.9 Å². The van der Waals surface area contributed by atoms with Crippen molar-refractivity contribution in [1.82, 2.24) is 9.97 Å². The maximum atomic E-state index is 13.9. The van der Waals surface area contributed by atoms with E-state index in [1.54, 1.807) is 13.2 Å². The Hall–Kier alpha value is -3.77. The fourth-order valence-electron chi connectivity index (χ4n) is 3.77. The second kappa shape index (κ2) is 9.84. The molecule has 3 aromatic rings. The van der Waals surface area contributed by atoms with E-state index in [-0.39, 0.29) is 23.4 Å². The van der Waals surface area contributed by atoms with Crippen molar-refractivity contribution in [2.45, 2.75) is 18.5 Å². The molecule has 1 aliphatic rings. The van der Waals surface area contributed by atoms with Crippen LogP contribution in [0.15, 0.2) is 55.0 Å². The molecule has 35 heavy (non-hydrogen) atoms. The summed E-state index contributed by atoms with van der Waals surface area (Å²) < 4.78 is 60.2. The predicted octanol–water partition coefficient (Wildman–Crippen LogP) is 3.60. The van der Waals surface area contributed by atoms with Crippen LogP contribution in [0.25, 0.3) is 11.1 Å². The van der Waals surface area contributed by atoms with Crippen LogP contribution in [-0.2, 0) is 4.74 Å². The summed E-state index contributed by atoms with van der Waals surface area (Å²) in [5.41, 5.74) is 7.40. The van der Waals surface area contributed by atoms with Crippen LogP contribution in [0.4, 0.5) is 29.1 Å². The van der Waals surface area contributed by atoms with E-state index >= 15 is 0 Å². The molecule has 3 N–H and O–H groups in total. The van der Waals surface area contributed by atoms with Crippen molar-refractivity contribution in [1.29, 1.82) is 0 Å². The van der Waals surface area contributed by atoms with E-state index in [1.165, 1.54) is 30.6 Å². The topological polar surface area (TPSA) is 103 Å². The van der Waals surface area contributed by atoms with E-state index in [9.17, 15) is 22.4 Å². The van der Waals surface area contributed by atoms with Gasteiger partial charge < -0.3 is 25.4 Å². The Balaban J connectivity index is 1.61. The van der Waals surface area contributed by atoms with Crippen LogP contribution in [0.1, 0.15) is 10.4 Å². The average Bonchev–Trinajstić information content (AvgIpc) is 3.19. The summed E-state index contributed by atoms with van der Waals surface area (Å²) in [6.45, 7) is 0.900. The minimum absolute atomic E-state index is 0.149. The number of methoxy groups -OCH3 is 1. The molecule has 0 spiro atoms. The average molecular weight is 491 g/mol. The third kappa shape index (κ3) is 5.84. The van der Waals surface area contributed by atoms with E-state index in [2.05, 4.69) is 20.0 Å². The molecule has 0 bridgehead atoms. The molecule has 4 rings (SSSR count). The minimum Gasteiger partial charge on any atom is -0.406 e. The van der Waals surface area contributed by atoms with Crippen molar-refractivity contribution in [2.75, 3.05) is 30.4 Å². The van der Waals surface area contributed by atoms with Crippen molar-refractivity contribution < 1.29 is 31.8 Å². The van der Waals surface area contributed by atoms with Gasteiger partial charge in [0.05, 0.1) is 23.9 Å². The lowest BCUT2D eigenvalue weighted by Crippen LogP contribution is -2.34. The quantitative estimate of drug-likeness (QED) is 0.508. The van der Waals surface area contributed by atoms with Crippen LogP contribution in [0.3, 0.4) is 0 Å². The van der Waals surface area contributed by atoms with Gasteiger partial charge in [0.2, 0.25) is 0 Å². The Kier molecular flexibility index (Phi) is 6.85. The number of carbonyl (C=O) groups excluding carboxylic acids is 1. The Morgan fingerprint density at radius 1 is 1.14 bits per heavy atom. The predicted molar refractivity (Wildman–Crippen MR) is 119 cm³/mol. The molecule has 3 heterocycles. The third-order valence-electron chi connectivity index (χ3n) is 5.40. The van der Waals surface area contributed by atoms with Gasteiger partial charge in [0.1, 0.15) is 17.4 Å². The summed E-state index contributed by atoms with van der Waals surface area (Å²) in [5.74, 6) is -1.05. The number of hydrogen-bond acceptors (Lipinski definition) is 7. The number of nitrogens with zero attached hydrogens (tertiary/aromatic N) is 3. The van der Waals surface area contributed by atoms with E-state index in [1.807, 2.05) is 4.90 Å². The number of benzene rings is 1. The number of nitrogens with one attached hydrogen (secondary N) is 1. The Morgan fingerprint density at radius 2 is 1.89 bits per heavy atom. The zero-order chi connectivity index (χ0) is 25.2. The summed E-state index contributed by atoms with van der Waals surface area (Å²) in [7, 11) is 1.56. The number of alkyl halides is 3. The number of ether oxygens (including phenoxy) is 2. The summed E-state index contributed by atoms with van der Waals surface area (Å²) >= 11 is 0. The number of amides is 1. The normalized spacial score (nSPS) is 17.9. The number of aromatic nitrogens is 2. The summed E-state index contributed by atoms with van der Waals surface area (Å²) in [6.07, 6.45) is -1.17. The first kappa shape index (κ1) is 24.4.